The summed E-state index contributed by atoms with van der Waals surface area (Å²) in [5.41, 5.74) is 1.43. The van der Waals surface area contributed by atoms with Crippen LogP contribution in [-0.4, -0.2) is 48.8 Å². The molecule has 0 saturated carbocycles. The van der Waals surface area contributed by atoms with Crippen LogP contribution in [0.4, 0.5) is 0 Å². The van der Waals surface area contributed by atoms with Crippen molar-refractivity contribution in [3.8, 4) is 0 Å². The number of hydrogen-bond donors (Lipinski definition) is 0. The van der Waals surface area contributed by atoms with Crippen molar-refractivity contribution >= 4 is 26.6 Å². The molecule has 1 fully saturated rings. The van der Waals surface area contributed by atoms with Gasteiger partial charge in [-0.25, -0.2) is 8.42 Å². The van der Waals surface area contributed by atoms with Gasteiger partial charge < -0.3 is 4.90 Å². The number of aromatic nitrogens is 1. The van der Waals surface area contributed by atoms with Crippen LogP contribution in [0.25, 0.3) is 10.9 Å². The van der Waals surface area contributed by atoms with E-state index >= 15 is 0 Å². The number of para-hydroxylation sites is 1. The Labute approximate surface area is 136 Å². The average Bonchev–Trinajstić information content (AvgIpc) is 2.79. The first-order valence-electron chi connectivity index (χ1n) is 7.79. The average molecular weight is 332 g/mol. The molecular formula is C17H20N2O3S. The van der Waals surface area contributed by atoms with E-state index in [2.05, 4.69) is 4.98 Å². The van der Waals surface area contributed by atoms with Crippen LogP contribution in [-0.2, 0) is 9.84 Å². The summed E-state index contributed by atoms with van der Waals surface area (Å²) >= 11 is 0. The third-order valence-corrected chi connectivity index (χ3v) is 6.13. The summed E-state index contributed by atoms with van der Waals surface area (Å²) in [6.45, 7) is 1.08. The SMILES string of the molecule is CS(=O)(=O)C1CCCN(C(=O)c2ccnc3ccccc23)CC1. The highest BCUT2D eigenvalue weighted by Crippen LogP contribution is 2.22. The first-order chi connectivity index (χ1) is 11.0. The summed E-state index contributed by atoms with van der Waals surface area (Å²) in [5, 5.41) is 0.499. The zero-order chi connectivity index (χ0) is 16.4. The van der Waals surface area contributed by atoms with E-state index in [-0.39, 0.29) is 11.2 Å². The maximum Gasteiger partial charge on any atom is 0.254 e. The molecule has 2 aromatic rings. The van der Waals surface area contributed by atoms with E-state index < -0.39 is 9.84 Å². The van der Waals surface area contributed by atoms with Crippen molar-refractivity contribution in [1.82, 2.24) is 9.88 Å². The standard InChI is InChI=1S/C17H20N2O3S/c1-23(21,22)13-5-4-11-19(12-9-13)17(20)15-8-10-18-16-7-3-2-6-14(15)16/h2-3,6-8,10,13H,4-5,9,11-12H2,1H3. The second-order valence-electron chi connectivity index (χ2n) is 6.05. The van der Waals surface area contributed by atoms with Crippen LogP contribution < -0.4 is 0 Å². The summed E-state index contributed by atoms with van der Waals surface area (Å²) < 4.78 is 23.5. The van der Waals surface area contributed by atoms with E-state index in [1.165, 1.54) is 6.26 Å². The van der Waals surface area contributed by atoms with E-state index in [9.17, 15) is 13.2 Å². The van der Waals surface area contributed by atoms with Gasteiger partial charge in [-0.1, -0.05) is 18.2 Å². The van der Waals surface area contributed by atoms with Crippen LogP contribution in [0, 0.1) is 0 Å². The van der Waals surface area contributed by atoms with Gasteiger partial charge in [0.15, 0.2) is 0 Å². The fourth-order valence-electron chi connectivity index (χ4n) is 3.15. The summed E-state index contributed by atoms with van der Waals surface area (Å²) in [6, 6.07) is 9.31. The summed E-state index contributed by atoms with van der Waals surface area (Å²) in [5.74, 6) is -0.0437. The van der Waals surface area contributed by atoms with E-state index in [1.807, 2.05) is 24.3 Å². The van der Waals surface area contributed by atoms with Gasteiger partial charge in [0.1, 0.15) is 9.84 Å². The number of carbonyl (C=O) groups is 1. The van der Waals surface area contributed by atoms with E-state index in [4.69, 9.17) is 0 Å². The molecule has 0 aliphatic carbocycles. The minimum Gasteiger partial charge on any atom is -0.339 e. The van der Waals surface area contributed by atoms with Crippen molar-refractivity contribution in [2.24, 2.45) is 0 Å². The van der Waals surface area contributed by atoms with Gasteiger partial charge in [-0.15, -0.1) is 0 Å². The first kappa shape index (κ1) is 15.9. The van der Waals surface area contributed by atoms with Crippen molar-refractivity contribution < 1.29 is 13.2 Å². The van der Waals surface area contributed by atoms with Crippen molar-refractivity contribution in [2.45, 2.75) is 24.5 Å². The van der Waals surface area contributed by atoms with Crippen molar-refractivity contribution in [3.05, 3.63) is 42.1 Å². The molecule has 1 aromatic heterocycles. The molecule has 3 rings (SSSR count). The third kappa shape index (κ3) is 3.37. The number of pyridine rings is 1. The number of benzene rings is 1. The smallest absolute Gasteiger partial charge is 0.254 e. The molecule has 1 atom stereocenters. The fourth-order valence-corrected chi connectivity index (χ4v) is 4.28. The number of sulfone groups is 1. The minimum absolute atomic E-state index is 0.0437. The highest BCUT2D eigenvalue weighted by Gasteiger charge is 2.27. The maximum atomic E-state index is 12.9. The number of fused-ring (bicyclic) bond motifs is 1. The zero-order valence-electron chi connectivity index (χ0n) is 13.1. The van der Waals surface area contributed by atoms with Gasteiger partial charge in [0, 0.05) is 30.9 Å². The van der Waals surface area contributed by atoms with E-state index in [0.29, 0.717) is 37.9 Å². The zero-order valence-corrected chi connectivity index (χ0v) is 13.9. The number of amides is 1. The molecule has 23 heavy (non-hydrogen) atoms. The van der Waals surface area contributed by atoms with Crippen LogP contribution >= 0.6 is 0 Å². The Kier molecular flexibility index (Phi) is 4.35. The lowest BCUT2D eigenvalue weighted by molar-refractivity contribution is 0.0763. The molecular weight excluding hydrogens is 312 g/mol. The van der Waals surface area contributed by atoms with E-state index in [1.54, 1.807) is 17.2 Å². The molecule has 1 saturated heterocycles. The fraction of sp³-hybridized carbons (Fsp3) is 0.412. The van der Waals surface area contributed by atoms with Crippen LogP contribution in [0.2, 0.25) is 0 Å². The van der Waals surface area contributed by atoms with Crippen molar-refractivity contribution in [1.29, 1.82) is 0 Å². The number of rotatable bonds is 2. The highest BCUT2D eigenvalue weighted by molar-refractivity contribution is 7.91. The number of hydrogen-bond acceptors (Lipinski definition) is 4. The summed E-state index contributed by atoms with van der Waals surface area (Å²) in [4.78, 5) is 18.9. The Bertz CT molecular complexity index is 827. The Hall–Kier alpha value is -1.95. The molecule has 5 nitrogen and oxygen atoms in total. The lowest BCUT2D eigenvalue weighted by atomic mass is 10.1. The van der Waals surface area contributed by atoms with Gasteiger partial charge in [0.05, 0.1) is 16.3 Å². The summed E-state index contributed by atoms with van der Waals surface area (Å²) in [7, 11) is -3.05. The van der Waals surface area contributed by atoms with Gasteiger partial charge in [0.25, 0.3) is 5.91 Å². The van der Waals surface area contributed by atoms with E-state index in [0.717, 1.165) is 10.9 Å². The highest BCUT2D eigenvalue weighted by atomic mass is 32.2. The van der Waals surface area contributed by atoms with Gasteiger partial charge in [0.2, 0.25) is 0 Å². The third-order valence-electron chi connectivity index (χ3n) is 4.45. The molecule has 2 heterocycles. The quantitative estimate of drug-likeness (QED) is 0.846. The van der Waals surface area contributed by atoms with Gasteiger partial charge in [-0.05, 0) is 31.4 Å². The molecule has 0 spiro atoms. The number of carbonyl (C=O) groups excluding carboxylic acids is 1. The maximum absolute atomic E-state index is 12.9. The second-order valence-corrected chi connectivity index (χ2v) is 8.38. The van der Waals surface area contributed by atoms with Crippen LogP contribution in [0.3, 0.4) is 0 Å². The molecule has 1 aromatic carbocycles. The molecule has 0 N–H and O–H groups in total. The molecule has 6 heteroatoms. The van der Waals surface area contributed by atoms with Gasteiger partial charge in [-0.2, -0.15) is 0 Å². The number of nitrogens with zero attached hydrogens (tertiary/aromatic N) is 2. The first-order valence-corrected chi connectivity index (χ1v) is 9.74. The predicted molar refractivity (Wildman–Crippen MR) is 90.1 cm³/mol. The van der Waals surface area contributed by atoms with Crippen molar-refractivity contribution in [2.75, 3.05) is 19.3 Å². The summed E-state index contributed by atoms with van der Waals surface area (Å²) in [6.07, 6.45) is 4.78. The molecule has 1 aliphatic heterocycles. The van der Waals surface area contributed by atoms with Gasteiger partial charge in [-0.3, -0.25) is 9.78 Å². The van der Waals surface area contributed by atoms with Crippen LogP contribution in [0.5, 0.6) is 0 Å². The Morgan fingerprint density at radius 2 is 1.96 bits per heavy atom. The van der Waals surface area contributed by atoms with Crippen LogP contribution in [0.1, 0.15) is 29.6 Å². The Balaban J connectivity index is 1.85. The predicted octanol–water partition coefficient (Wildman–Crippen LogP) is 2.27. The second kappa shape index (κ2) is 6.28. The molecule has 0 radical (unpaired) electrons. The van der Waals surface area contributed by atoms with Gasteiger partial charge >= 0.3 is 0 Å². The molecule has 1 amide bonds. The Morgan fingerprint density at radius 3 is 2.74 bits per heavy atom. The number of likely N-dealkylation sites (tertiary alicyclic amines) is 1. The minimum atomic E-state index is -3.05. The largest absolute Gasteiger partial charge is 0.339 e. The lowest BCUT2D eigenvalue weighted by Crippen LogP contribution is -2.32. The normalized spacial score (nSPS) is 19.5. The van der Waals surface area contributed by atoms with Crippen LogP contribution in [0.15, 0.2) is 36.5 Å². The Morgan fingerprint density at radius 1 is 1.17 bits per heavy atom. The molecule has 1 aliphatic rings. The molecule has 0 bridgehead atoms. The molecule has 1 unspecified atom stereocenters. The monoisotopic (exact) mass is 332 g/mol. The topological polar surface area (TPSA) is 67.3 Å². The lowest BCUT2D eigenvalue weighted by Gasteiger charge is -2.21. The molecule has 122 valence electrons. The van der Waals surface area contributed by atoms with Crippen molar-refractivity contribution in [3.63, 3.8) is 0 Å².